The van der Waals surface area contributed by atoms with Crippen LogP contribution >= 0.6 is 0 Å². The Morgan fingerprint density at radius 3 is 1.08 bits per heavy atom. The van der Waals surface area contributed by atoms with Gasteiger partial charge in [0.05, 0.1) is 13.2 Å². The number of nitrogens with one attached hydrogen (secondary N) is 4. The van der Waals surface area contributed by atoms with E-state index in [0.29, 0.717) is 110 Å². The number of aromatic hydroxyl groups is 2. The number of hydrogen-bond acceptors (Lipinski definition) is 8. The van der Waals surface area contributed by atoms with Gasteiger partial charge in [0.1, 0.15) is 23.0 Å². The fraction of sp³-hybridized carbons (Fsp3) is 0.500. The Morgan fingerprint density at radius 1 is 0.531 bits per heavy atom. The number of phenolic OH excluding ortho intramolecular Hbond substituents is 2. The number of carbonyl (C=O) groups excluding carboxylic acids is 2. The summed E-state index contributed by atoms with van der Waals surface area (Å²) >= 11 is 0. The van der Waals surface area contributed by atoms with Gasteiger partial charge in [-0.1, -0.05) is 79.7 Å². The molecule has 4 amide bonds. The van der Waals surface area contributed by atoms with Gasteiger partial charge in [-0.25, -0.2) is 9.59 Å². The average Bonchev–Trinajstić information content (AvgIpc) is 3.19. The van der Waals surface area contributed by atoms with E-state index in [-0.39, 0.29) is 34.4 Å². The molecule has 0 heterocycles. The molecule has 0 saturated heterocycles. The first-order valence-corrected chi connectivity index (χ1v) is 22.8. The normalized spacial score (nSPS) is 12.8. The average molecular weight is 879 g/mol. The molecule has 0 fully saturated rings. The first kappa shape index (κ1) is 49.6. The smallest absolute Gasteiger partial charge is 0.319 e. The molecule has 64 heavy (non-hydrogen) atoms. The van der Waals surface area contributed by atoms with Crippen LogP contribution in [0.1, 0.15) is 124 Å². The van der Waals surface area contributed by atoms with Crippen LogP contribution in [0.2, 0.25) is 0 Å². The molecule has 0 unspecified atom stereocenters. The zero-order valence-corrected chi connectivity index (χ0v) is 40.5. The second kappa shape index (κ2) is 21.5. The highest BCUT2D eigenvalue weighted by Crippen LogP contribution is 2.43. The summed E-state index contributed by atoms with van der Waals surface area (Å²) in [5, 5.41) is 36.9. The monoisotopic (exact) mass is 879 g/mol. The van der Waals surface area contributed by atoms with Gasteiger partial charge in [-0.05, 0) is 110 Å². The van der Waals surface area contributed by atoms with E-state index in [0.717, 1.165) is 46.2 Å². The van der Waals surface area contributed by atoms with Crippen molar-refractivity contribution < 1.29 is 29.3 Å². The van der Waals surface area contributed by atoms with Gasteiger partial charge < -0.3 is 50.8 Å². The zero-order valence-electron chi connectivity index (χ0n) is 40.5. The highest BCUT2D eigenvalue weighted by Gasteiger charge is 2.27. The van der Waals surface area contributed by atoms with E-state index in [2.05, 4.69) is 101 Å². The lowest BCUT2D eigenvalue weighted by atomic mass is 9.81. The number of phenols is 2. The number of rotatable bonds is 14. The van der Waals surface area contributed by atoms with Gasteiger partial charge in [0.15, 0.2) is 0 Å². The first-order valence-electron chi connectivity index (χ1n) is 22.8. The molecular formula is C52H74N6O6. The summed E-state index contributed by atoms with van der Waals surface area (Å²) < 4.78 is 13.3. The number of urea groups is 2. The molecule has 0 aromatic heterocycles. The number of amides is 4. The Hall–Kier alpha value is -5.46. The van der Waals surface area contributed by atoms with Crippen LogP contribution in [-0.4, -0.2) is 99.7 Å². The van der Waals surface area contributed by atoms with Crippen molar-refractivity contribution in [3.8, 4) is 23.0 Å². The highest BCUT2D eigenvalue weighted by atomic mass is 16.5. The number of ether oxygens (including phenoxy) is 2. The maximum absolute atomic E-state index is 13.3. The number of fused-ring (bicyclic) bond motifs is 8. The van der Waals surface area contributed by atoms with E-state index in [4.69, 9.17) is 9.47 Å². The lowest BCUT2D eigenvalue weighted by Gasteiger charge is -2.26. The van der Waals surface area contributed by atoms with Crippen molar-refractivity contribution in [2.24, 2.45) is 0 Å². The Labute approximate surface area is 382 Å². The van der Waals surface area contributed by atoms with Crippen LogP contribution in [0.3, 0.4) is 0 Å². The Bertz CT molecular complexity index is 2020. The van der Waals surface area contributed by atoms with Crippen molar-refractivity contribution in [3.63, 3.8) is 0 Å². The molecule has 5 rings (SSSR count). The van der Waals surface area contributed by atoms with Crippen molar-refractivity contribution >= 4 is 23.4 Å². The van der Waals surface area contributed by atoms with Gasteiger partial charge >= 0.3 is 12.1 Å². The molecule has 8 bridgehead atoms. The van der Waals surface area contributed by atoms with Crippen LogP contribution in [0.5, 0.6) is 23.0 Å². The quantitative estimate of drug-likeness (QED) is 0.0606. The third-order valence-corrected chi connectivity index (χ3v) is 11.4. The maximum Gasteiger partial charge on any atom is 0.319 e. The molecule has 12 heteroatoms. The van der Waals surface area contributed by atoms with Crippen LogP contribution in [0, 0.1) is 0 Å². The second-order valence-electron chi connectivity index (χ2n) is 19.8. The second-order valence-corrected chi connectivity index (χ2v) is 19.8. The summed E-state index contributed by atoms with van der Waals surface area (Å²) in [5.41, 5.74) is 8.72. The van der Waals surface area contributed by atoms with E-state index < -0.39 is 0 Å². The largest absolute Gasteiger partial charge is 0.507 e. The molecule has 0 saturated carbocycles. The summed E-state index contributed by atoms with van der Waals surface area (Å²) in [7, 11) is 7.84. The van der Waals surface area contributed by atoms with Crippen molar-refractivity contribution in [1.29, 1.82) is 0 Å². The minimum Gasteiger partial charge on any atom is -0.507 e. The lowest BCUT2D eigenvalue weighted by Crippen LogP contribution is -2.34. The molecule has 1 aliphatic rings. The fourth-order valence-electron chi connectivity index (χ4n) is 7.84. The first-order chi connectivity index (χ1) is 30.2. The van der Waals surface area contributed by atoms with Gasteiger partial charge in [-0.3, -0.25) is 0 Å². The van der Waals surface area contributed by atoms with Crippen molar-refractivity contribution in [2.45, 2.75) is 105 Å². The maximum atomic E-state index is 13.3. The van der Waals surface area contributed by atoms with Gasteiger partial charge in [-0.15, -0.1) is 0 Å². The summed E-state index contributed by atoms with van der Waals surface area (Å²) in [6.45, 7) is 20.3. The van der Waals surface area contributed by atoms with Crippen LogP contribution in [-0.2, 0) is 36.5 Å². The van der Waals surface area contributed by atoms with E-state index in [1.165, 1.54) is 0 Å². The van der Waals surface area contributed by atoms with E-state index in [1.54, 1.807) is 0 Å². The number of benzene rings is 4. The minimum atomic E-state index is -0.333. The Kier molecular flexibility index (Phi) is 16.6. The topological polar surface area (TPSA) is 148 Å². The summed E-state index contributed by atoms with van der Waals surface area (Å²) in [5.74, 6) is 1.64. The SMILES string of the molecule is CCCOc1c2cc(C(C)(C)C)cc1Cc1cc(NC(=O)NCCN(C)C)cc(c1O)Cc1cc(C(C)(C)C)cc(c1OCCC)Cc1cc(NC(=O)NCCN(C)C)cc(c1O)C2. The van der Waals surface area contributed by atoms with Crippen LogP contribution < -0.4 is 30.7 Å². The number of likely N-dealkylation sites (N-methyl/N-ethyl adjacent to an activating group) is 2. The third kappa shape index (κ3) is 13.3. The van der Waals surface area contributed by atoms with Gasteiger partial charge in [0, 0.05) is 85.5 Å². The van der Waals surface area contributed by atoms with Crippen LogP contribution in [0.25, 0.3) is 0 Å². The highest BCUT2D eigenvalue weighted by molar-refractivity contribution is 5.90. The van der Waals surface area contributed by atoms with Gasteiger partial charge in [0.25, 0.3) is 0 Å². The van der Waals surface area contributed by atoms with E-state index in [9.17, 15) is 19.8 Å². The minimum absolute atomic E-state index is 0.140. The number of hydrogen-bond donors (Lipinski definition) is 6. The predicted octanol–water partition coefficient (Wildman–Crippen LogP) is 9.31. The lowest BCUT2D eigenvalue weighted by molar-refractivity contribution is 0.250. The third-order valence-electron chi connectivity index (χ3n) is 11.4. The number of carbonyl (C=O) groups is 2. The van der Waals surface area contributed by atoms with Crippen molar-refractivity contribution in [3.05, 3.63) is 104 Å². The molecule has 1 aliphatic carbocycles. The molecule has 0 atom stereocenters. The summed E-state index contributed by atoms with van der Waals surface area (Å²) in [4.78, 5) is 30.7. The summed E-state index contributed by atoms with van der Waals surface area (Å²) in [6.07, 6.45) is 2.73. The van der Waals surface area contributed by atoms with Crippen LogP contribution in [0.15, 0.2) is 48.5 Å². The molecule has 4 aromatic carbocycles. The predicted molar refractivity (Wildman–Crippen MR) is 260 cm³/mol. The number of nitrogens with zero attached hydrogens (tertiary/aromatic N) is 2. The van der Waals surface area contributed by atoms with Gasteiger partial charge in [-0.2, -0.15) is 0 Å². The molecule has 4 aromatic rings. The standard InChI is InChI=1S/C52H74N6O6/c1-13-19-63-47-37-21-33-29-43(55-49(61)53-15-17-57(9)10)31-35(45(33)59)23-39-27-42(52(6,7)8)28-40(48(39)64-20-14-2)24-36-32-44(56-50(62)54-16-18-58(11)12)30-34(46(36)60)22-38(47)26-41(25-37)51(3,4)5/h25-32,59-60H,13-24H2,1-12H3,(H2,53,55,61)(H2,54,56,62). The van der Waals surface area contributed by atoms with E-state index in [1.807, 2.05) is 62.3 Å². The molecule has 6 N–H and O–H groups in total. The van der Waals surface area contributed by atoms with Crippen molar-refractivity contribution in [2.75, 3.05) is 78.2 Å². The molecule has 12 nitrogen and oxygen atoms in total. The Morgan fingerprint density at radius 2 is 0.828 bits per heavy atom. The molecule has 0 radical (unpaired) electrons. The Balaban J connectivity index is 1.83. The zero-order chi connectivity index (χ0) is 46.9. The van der Waals surface area contributed by atoms with E-state index >= 15 is 0 Å². The van der Waals surface area contributed by atoms with Gasteiger partial charge in [0.2, 0.25) is 0 Å². The molecule has 348 valence electrons. The van der Waals surface area contributed by atoms with Crippen LogP contribution in [0.4, 0.5) is 21.0 Å². The molecule has 0 aliphatic heterocycles. The summed E-state index contributed by atoms with van der Waals surface area (Å²) in [6, 6.07) is 15.4. The number of anilines is 2. The molecular weight excluding hydrogens is 805 g/mol. The molecule has 0 spiro atoms. The van der Waals surface area contributed by atoms with Crippen molar-refractivity contribution in [1.82, 2.24) is 20.4 Å². The fourth-order valence-corrected chi connectivity index (χ4v) is 7.84.